The molecular formula is C18H29N3O2. The summed E-state index contributed by atoms with van der Waals surface area (Å²) in [5.74, 6) is 0.952. The number of carbonyl (C=O) groups excluding carboxylic acids is 1. The second kappa shape index (κ2) is 9.53. The summed E-state index contributed by atoms with van der Waals surface area (Å²) >= 11 is 0. The van der Waals surface area contributed by atoms with Gasteiger partial charge in [-0.15, -0.1) is 0 Å². The molecule has 1 amide bonds. The number of para-hydroxylation sites is 2. The Morgan fingerprint density at radius 1 is 1.26 bits per heavy atom. The average Bonchev–Trinajstić information content (AvgIpc) is 2.61. The number of likely N-dealkylation sites (N-methyl/N-ethyl adjacent to an activating group) is 1. The maximum Gasteiger partial charge on any atom is 0.227 e. The van der Waals surface area contributed by atoms with Crippen LogP contribution in [-0.2, 0) is 4.79 Å². The molecule has 0 aliphatic carbocycles. The summed E-state index contributed by atoms with van der Waals surface area (Å²) in [6.07, 6.45) is 1.80. The monoisotopic (exact) mass is 319 g/mol. The lowest BCUT2D eigenvalue weighted by Gasteiger charge is -2.23. The van der Waals surface area contributed by atoms with E-state index in [2.05, 4.69) is 29.4 Å². The first-order chi connectivity index (χ1) is 11.2. The number of hydrogen-bond donors (Lipinski definition) is 2. The van der Waals surface area contributed by atoms with E-state index in [9.17, 15) is 4.79 Å². The predicted molar refractivity (Wildman–Crippen MR) is 93.9 cm³/mol. The number of rotatable bonds is 8. The zero-order valence-electron chi connectivity index (χ0n) is 14.3. The van der Waals surface area contributed by atoms with Crippen LogP contribution in [0, 0.1) is 5.92 Å². The van der Waals surface area contributed by atoms with Gasteiger partial charge in [0.05, 0.1) is 5.69 Å². The minimum atomic E-state index is 0.0972. The number of anilines is 1. The number of ether oxygens (including phenoxy) is 1. The van der Waals surface area contributed by atoms with Crippen molar-refractivity contribution in [3.63, 3.8) is 0 Å². The normalized spacial score (nSPS) is 15.6. The van der Waals surface area contributed by atoms with Crippen molar-refractivity contribution in [2.24, 2.45) is 5.92 Å². The number of nitrogens with one attached hydrogen (secondary N) is 2. The molecule has 1 saturated heterocycles. The highest BCUT2D eigenvalue weighted by Gasteiger charge is 2.21. The molecule has 0 spiro atoms. The van der Waals surface area contributed by atoms with Crippen molar-refractivity contribution in [3.8, 4) is 5.75 Å². The molecule has 0 bridgehead atoms. The minimum Gasteiger partial charge on any atom is -0.490 e. The van der Waals surface area contributed by atoms with Crippen molar-refractivity contribution in [1.82, 2.24) is 10.2 Å². The second-order valence-electron chi connectivity index (χ2n) is 5.89. The van der Waals surface area contributed by atoms with Crippen LogP contribution in [0.1, 0.15) is 26.7 Å². The molecule has 2 rings (SSSR count). The van der Waals surface area contributed by atoms with Gasteiger partial charge in [0, 0.05) is 12.5 Å². The Balaban J connectivity index is 1.90. The highest BCUT2D eigenvalue weighted by molar-refractivity contribution is 5.94. The lowest BCUT2D eigenvalue weighted by atomic mass is 9.97. The molecule has 128 valence electrons. The molecule has 0 atom stereocenters. The van der Waals surface area contributed by atoms with E-state index in [4.69, 9.17) is 4.74 Å². The van der Waals surface area contributed by atoms with Crippen LogP contribution in [0.5, 0.6) is 5.75 Å². The number of nitrogens with zero attached hydrogens (tertiary/aromatic N) is 1. The zero-order chi connectivity index (χ0) is 16.5. The van der Waals surface area contributed by atoms with E-state index < -0.39 is 0 Å². The standard InChI is InChI=1S/C18H29N3O2/c1-3-21(4-2)13-14-23-17-8-6-5-7-16(17)20-18(22)15-9-11-19-12-10-15/h5-8,15,19H,3-4,9-14H2,1-2H3,(H,20,22). The third-order valence-corrected chi connectivity index (χ3v) is 4.41. The summed E-state index contributed by atoms with van der Waals surface area (Å²) in [6, 6.07) is 7.69. The molecule has 0 aromatic heterocycles. The smallest absolute Gasteiger partial charge is 0.227 e. The summed E-state index contributed by atoms with van der Waals surface area (Å²) in [5, 5.41) is 6.33. The number of amides is 1. The molecule has 0 saturated carbocycles. The molecule has 1 aromatic rings. The van der Waals surface area contributed by atoms with Crippen molar-refractivity contribution in [2.75, 3.05) is 44.6 Å². The van der Waals surface area contributed by atoms with Gasteiger partial charge >= 0.3 is 0 Å². The molecule has 0 radical (unpaired) electrons. The third kappa shape index (κ3) is 5.52. The van der Waals surface area contributed by atoms with Crippen molar-refractivity contribution in [1.29, 1.82) is 0 Å². The van der Waals surface area contributed by atoms with Crippen LogP contribution < -0.4 is 15.4 Å². The molecule has 5 heteroatoms. The van der Waals surface area contributed by atoms with Crippen molar-refractivity contribution >= 4 is 11.6 Å². The Bertz CT molecular complexity index is 483. The van der Waals surface area contributed by atoms with Crippen molar-refractivity contribution < 1.29 is 9.53 Å². The quantitative estimate of drug-likeness (QED) is 0.772. The van der Waals surface area contributed by atoms with E-state index in [1.165, 1.54) is 0 Å². The van der Waals surface area contributed by atoms with E-state index in [0.717, 1.165) is 57.0 Å². The van der Waals surface area contributed by atoms with Gasteiger partial charge in [0.2, 0.25) is 5.91 Å². The van der Waals surface area contributed by atoms with Gasteiger partial charge in [-0.1, -0.05) is 26.0 Å². The molecule has 1 aliphatic rings. The van der Waals surface area contributed by atoms with E-state index in [-0.39, 0.29) is 11.8 Å². The number of carbonyl (C=O) groups is 1. The van der Waals surface area contributed by atoms with Crippen LogP contribution in [0.15, 0.2) is 24.3 Å². The molecular weight excluding hydrogens is 290 g/mol. The third-order valence-electron chi connectivity index (χ3n) is 4.41. The van der Waals surface area contributed by atoms with Crippen LogP contribution >= 0.6 is 0 Å². The molecule has 1 aliphatic heterocycles. The Morgan fingerprint density at radius 2 is 1.96 bits per heavy atom. The Kier molecular flexibility index (Phi) is 7.36. The maximum absolute atomic E-state index is 12.4. The maximum atomic E-state index is 12.4. The number of benzene rings is 1. The summed E-state index contributed by atoms with van der Waals surface area (Å²) in [7, 11) is 0. The fraction of sp³-hybridized carbons (Fsp3) is 0.611. The van der Waals surface area contributed by atoms with E-state index in [0.29, 0.717) is 6.61 Å². The molecule has 2 N–H and O–H groups in total. The Morgan fingerprint density at radius 3 is 2.65 bits per heavy atom. The van der Waals surface area contributed by atoms with E-state index in [1.54, 1.807) is 0 Å². The van der Waals surface area contributed by atoms with Crippen LogP contribution in [0.3, 0.4) is 0 Å². The van der Waals surface area contributed by atoms with E-state index in [1.807, 2.05) is 24.3 Å². The van der Waals surface area contributed by atoms with Gasteiger partial charge in [0.15, 0.2) is 0 Å². The summed E-state index contributed by atoms with van der Waals surface area (Å²) < 4.78 is 5.89. The van der Waals surface area contributed by atoms with Crippen LogP contribution in [-0.4, -0.2) is 50.1 Å². The zero-order valence-corrected chi connectivity index (χ0v) is 14.3. The largest absolute Gasteiger partial charge is 0.490 e. The Hall–Kier alpha value is -1.59. The summed E-state index contributed by atoms with van der Waals surface area (Å²) in [5.41, 5.74) is 0.774. The van der Waals surface area contributed by atoms with Gasteiger partial charge in [-0.2, -0.15) is 0 Å². The summed E-state index contributed by atoms with van der Waals surface area (Å²) in [4.78, 5) is 14.7. The molecule has 1 aromatic carbocycles. The SMILES string of the molecule is CCN(CC)CCOc1ccccc1NC(=O)C1CCNCC1. The van der Waals surface area contributed by atoms with Gasteiger partial charge in [-0.25, -0.2) is 0 Å². The topological polar surface area (TPSA) is 53.6 Å². The van der Waals surface area contributed by atoms with Gasteiger partial charge in [0.25, 0.3) is 0 Å². The Labute approximate surface area is 139 Å². The van der Waals surface area contributed by atoms with Gasteiger partial charge in [0.1, 0.15) is 12.4 Å². The lowest BCUT2D eigenvalue weighted by Crippen LogP contribution is -2.34. The molecule has 1 heterocycles. The second-order valence-corrected chi connectivity index (χ2v) is 5.89. The predicted octanol–water partition coefficient (Wildman–Crippen LogP) is 2.35. The average molecular weight is 319 g/mol. The van der Waals surface area contributed by atoms with Crippen molar-refractivity contribution in [2.45, 2.75) is 26.7 Å². The van der Waals surface area contributed by atoms with Gasteiger partial charge in [-0.05, 0) is 51.2 Å². The van der Waals surface area contributed by atoms with Gasteiger partial charge in [-0.3, -0.25) is 4.79 Å². The summed E-state index contributed by atoms with van der Waals surface area (Å²) in [6.45, 7) is 9.70. The molecule has 1 fully saturated rings. The number of piperidine rings is 1. The molecule has 23 heavy (non-hydrogen) atoms. The molecule has 5 nitrogen and oxygen atoms in total. The number of hydrogen-bond acceptors (Lipinski definition) is 4. The van der Waals surface area contributed by atoms with Crippen LogP contribution in [0.2, 0.25) is 0 Å². The fourth-order valence-corrected chi connectivity index (χ4v) is 2.84. The van der Waals surface area contributed by atoms with Crippen LogP contribution in [0.25, 0.3) is 0 Å². The van der Waals surface area contributed by atoms with Crippen LogP contribution in [0.4, 0.5) is 5.69 Å². The first-order valence-electron chi connectivity index (χ1n) is 8.70. The highest BCUT2D eigenvalue weighted by atomic mass is 16.5. The van der Waals surface area contributed by atoms with E-state index >= 15 is 0 Å². The first kappa shape index (κ1) is 17.8. The molecule has 0 unspecified atom stereocenters. The van der Waals surface area contributed by atoms with Gasteiger partial charge < -0.3 is 20.3 Å². The highest BCUT2D eigenvalue weighted by Crippen LogP contribution is 2.25. The first-order valence-corrected chi connectivity index (χ1v) is 8.70. The fourth-order valence-electron chi connectivity index (χ4n) is 2.84. The lowest BCUT2D eigenvalue weighted by molar-refractivity contribution is -0.120. The minimum absolute atomic E-state index is 0.0972. The van der Waals surface area contributed by atoms with Crippen molar-refractivity contribution in [3.05, 3.63) is 24.3 Å².